The fourth-order valence-corrected chi connectivity index (χ4v) is 23.3. The largest absolute Gasteiger partial charge is 0.0725 e. The lowest BCUT2D eigenvalue weighted by Gasteiger charge is -2.30. The van der Waals surface area contributed by atoms with Crippen molar-refractivity contribution in [3.8, 4) is 89.0 Å². The van der Waals surface area contributed by atoms with Gasteiger partial charge < -0.3 is 0 Å². The summed E-state index contributed by atoms with van der Waals surface area (Å²) in [7, 11) is 0. The molecule has 4 spiro atoms. The van der Waals surface area contributed by atoms with Crippen molar-refractivity contribution in [1.29, 1.82) is 0 Å². The van der Waals surface area contributed by atoms with Gasteiger partial charge in [-0.2, -0.15) is 0 Å². The molecule has 0 heterocycles. The summed E-state index contributed by atoms with van der Waals surface area (Å²) < 4.78 is 0. The summed E-state index contributed by atoms with van der Waals surface area (Å²) in [5.41, 5.74) is 46.5. The Kier molecular flexibility index (Phi) is 16.5. The number of rotatable bonds is 0. The van der Waals surface area contributed by atoms with Gasteiger partial charge in [-0.3, -0.25) is 0 Å². The van der Waals surface area contributed by atoms with Crippen LogP contribution < -0.4 is 0 Å². The van der Waals surface area contributed by atoms with E-state index in [1.165, 1.54) is 207 Å². The minimum absolute atomic E-state index is 0.160. The molecule has 0 aliphatic heterocycles. The van der Waals surface area contributed by atoms with E-state index in [0.717, 1.165) is 0 Å². The number of fused-ring (bicyclic) bond motifs is 36. The molecule has 0 aromatic heterocycles. The lowest BCUT2D eigenvalue weighted by atomic mass is 9.70. The Labute approximate surface area is 673 Å². The lowest BCUT2D eigenvalue weighted by molar-refractivity contribution is 0.550. The van der Waals surface area contributed by atoms with Gasteiger partial charge in [-0.25, -0.2) is 0 Å². The molecule has 0 amide bonds. The van der Waals surface area contributed by atoms with Crippen LogP contribution in [-0.2, 0) is 32.5 Å². The van der Waals surface area contributed by atoms with E-state index in [4.69, 9.17) is 0 Å². The molecule has 114 heavy (non-hydrogen) atoms. The van der Waals surface area contributed by atoms with Crippen LogP contribution in [0.25, 0.3) is 89.0 Å². The van der Waals surface area contributed by atoms with Crippen molar-refractivity contribution in [2.24, 2.45) is 0 Å². The smallest absolute Gasteiger partial charge is 0.0619 e. The van der Waals surface area contributed by atoms with Crippen LogP contribution in [0.1, 0.15) is 168 Å². The molecule has 2 saturated carbocycles. The maximum Gasteiger partial charge on any atom is 0.0725 e. The average molecular weight is 1460 g/mol. The van der Waals surface area contributed by atoms with Crippen LogP contribution in [-0.4, -0.2) is 0 Å². The Morgan fingerprint density at radius 1 is 0.132 bits per heavy atom. The van der Waals surface area contributed by atoms with Gasteiger partial charge in [0.15, 0.2) is 0 Å². The van der Waals surface area contributed by atoms with E-state index in [-0.39, 0.29) is 21.7 Å². The summed E-state index contributed by atoms with van der Waals surface area (Å²) in [6.07, 6.45) is 10.8. The van der Waals surface area contributed by atoms with E-state index in [1.54, 1.807) is 22.3 Å². The molecule has 16 aromatic carbocycles. The molecule has 0 atom stereocenters. The maximum atomic E-state index is 2.35. The molecule has 26 rings (SSSR count). The highest BCUT2D eigenvalue weighted by molar-refractivity contribution is 5.97. The van der Waals surface area contributed by atoms with Crippen LogP contribution >= 0.6 is 0 Å². The number of benzene rings is 16. The van der Waals surface area contributed by atoms with Crippen LogP contribution in [0.15, 0.2) is 388 Å². The zero-order chi connectivity index (χ0) is 76.4. The Balaban J connectivity index is 0.0000000871. The number of hydrogen-bond acceptors (Lipinski definition) is 0. The second-order valence-electron chi connectivity index (χ2n) is 34.1. The quantitative estimate of drug-likeness (QED) is 0.142. The summed E-state index contributed by atoms with van der Waals surface area (Å²) in [6, 6.07) is 142. The van der Waals surface area contributed by atoms with Gasteiger partial charge >= 0.3 is 0 Å². The Morgan fingerprint density at radius 3 is 0.386 bits per heavy atom. The van der Waals surface area contributed by atoms with Crippen LogP contribution in [0.2, 0.25) is 0 Å². The Morgan fingerprint density at radius 2 is 0.237 bits per heavy atom. The van der Waals surface area contributed by atoms with Gasteiger partial charge in [0.05, 0.1) is 10.8 Å². The normalized spacial score (nSPS) is 16.4. The highest BCUT2D eigenvalue weighted by Crippen LogP contribution is 2.66. The molecule has 16 aromatic rings. The van der Waals surface area contributed by atoms with Gasteiger partial charge in [0.2, 0.25) is 0 Å². The van der Waals surface area contributed by atoms with E-state index >= 15 is 0 Å². The molecule has 10 aliphatic carbocycles. The molecule has 0 unspecified atom stereocenters. The van der Waals surface area contributed by atoms with Crippen molar-refractivity contribution in [2.45, 2.75) is 112 Å². The molecular weight excluding hydrogens is 1370 g/mol. The predicted molar refractivity (Wildman–Crippen MR) is 476 cm³/mol. The van der Waals surface area contributed by atoms with Crippen molar-refractivity contribution in [1.82, 2.24) is 0 Å². The van der Waals surface area contributed by atoms with E-state index < -0.39 is 0 Å². The first-order valence-corrected chi connectivity index (χ1v) is 41.7. The summed E-state index contributed by atoms with van der Waals surface area (Å²) >= 11 is 0. The third-order valence-corrected chi connectivity index (χ3v) is 28.1. The lowest BCUT2D eigenvalue weighted by Crippen LogP contribution is -2.25. The minimum atomic E-state index is -0.180. The monoisotopic (exact) mass is 1460 g/mol. The fraction of sp³-hybridized carbons (Fsp3) is 0.158. The fourth-order valence-electron chi connectivity index (χ4n) is 23.3. The van der Waals surface area contributed by atoms with Gasteiger partial charge in [0.25, 0.3) is 0 Å². The molecule has 0 heteroatoms. The zero-order valence-electron chi connectivity index (χ0n) is 65.6. The van der Waals surface area contributed by atoms with E-state index in [2.05, 4.69) is 416 Å². The van der Waals surface area contributed by atoms with Crippen LogP contribution in [0.3, 0.4) is 0 Å². The highest BCUT2D eigenvalue weighted by Gasteiger charge is 2.54. The molecule has 0 nitrogen and oxygen atoms in total. The van der Waals surface area contributed by atoms with E-state index in [0.29, 0.717) is 10.8 Å². The SMILES string of the molecule is CC1(C)c2ccccc2-c2ccccc21.CC1(C)c2ccccc2-c2ccccc21.c1ccc2c(c1)-c1ccccc1C21CCCC1.c1ccc2c(c1)-c1ccccc1C21CCCC1.c1ccc2c(c1)-c1ccccc1C21c2ccccc2-c2ccccc21.c1ccc2c(c1)-c1ccccc1C21c2ccccc2-c2ccccc21. The first-order chi connectivity index (χ1) is 56.1. The second kappa shape index (κ2) is 27.1. The van der Waals surface area contributed by atoms with Gasteiger partial charge in [0, 0.05) is 21.7 Å². The summed E-state index contributed by atoms with van der Waals surface area (Å²) in [4.78, 5) is 0. The van der Waals surface area contributed by atoms with Gasteiger partial charge in [-0.1, -0.05) is 442 Å². The highest BCUT2D eigenvalue weighted by atomic mass is 14.6. The molecule has 548 valence electrons. The summed E-state index contributed by atoms with van der Waals surface area (Å²) in [5.74, 6) is 0. The third kappa shape index (κ3) is 10.1. The first kappa shape index (κ1) is 69.5. The minimum Gasteiger partial charge on any atom is -0.0619 e. The molecule has 0 saturated heterocycles. The van der Waals surface area contributed by atoms with Crippen molar-refractivity contribution < 1.29 is 0 Å². The first-order valence-electron chi connectivity index (χ1n) is 41.7. The molecule has 0 bridgehead atoms. The summed E-state index contributed by atoms with van der Waals surface area (Å²) in [5, 5.41) is 0. The molecular formula is C114H92. The maximum absolute atomic E-state index is 2.35. The van der Waals surface area contributed by atoms with Crippen LogP contribution in [0.5, 0.6) is 0 Å². The molecule has 0 radical (unpaired) electrons. The van der Waals surface area contributed by atoms with Gasteiger partial charge in [-0.05, 0) is 204 Å². The van der Waals surface area contributed by atoms with Gasteiger partial charge in [-0.15, -0.1) is 0 Å². The van der Waals surface area contributed by atoms with E-state index in [1.807, 2.05) is 0 Å². The zero-order valence-corrected chi connectivity index (χ0v) is 65.6. The van der Waals surface area contributed by atoms with E-state index in [9.17, 15) is 0 Å². The predicted octanol–water partition coefficient (Wildman–Crippen LogP) is 29.1. The number of hydrogen-bond donors (Lipinski definition) is 0. The van der Waals surface area contributed by atoms with Crippen molar-refractivity contribution in [2.75, 3.05) is 0 Å². The second-order valence-corrected chi connectivity index (χ2v) is 34.1. The standard InChI is InChI=1S/2C25H16.2C17H16.2C15H14/c2*1-5-13-21-17(9-1)18-10-2-6-14-22(18)25(21)23-15-7-3-11-19(23)20-12-4-8-16-24(20)25;2*1-3-9-15-13(7-1)14-8-2-4-10-16(14)17(15)11-5-6-12-17;2*1-15(2)13-9-5-3-7-11(13)12-8-4-6-10-14(12)15/h2*1-16H;2*1-4,7-10H,5-6,11-12H2;2*3-10H,1-2H3. The van der Waals surface area contributed by atoms with Crippen LogP contribution in [0.4, 0.5) is 0 Å². The Bertz CT molecular complexity index is 5510. The van der Waals surface area contributed by atoms with Crippen molar-refractivity contribution in [3.05, 3.63) is 477 Å². The van der Waals surface area contributed by atoms with Gasteiger partial charge in [0.1, 0.15) is 0 Å². The van der Waals surface area contributed by atoms with Crippen molar-refractivity contribution in [3.63, 3.8) is 0 Å². The third-order valence-electron chi connectivity index (χ3n) is 28.1. The molecule has 2 fully saturated rings. The molecule has 10 aliphatic rings. The Hall–Kier alpha value is -12.5. The van der Waals surface area contributed by atoms with Crippen molar-refractivity contribution >= 4 is 0 Å². The van der Waals surface area contributed by atoms with Crippen LogP contribution in [0, 0.1) is 0 Å². The summed E-state index contributed by atoms with van der Waals surface area (Å²) in [6.45, 7) is 9.21. The topological polar surface area (TPSA) is 0 Å². The molecule has 0 N–H and O–H groups in total. The average Bonchev–Trinajstić information content (AvgIpc) is 1.51.